The first kappa shape index (κ1) is 14.7. The number of hydrogen-bond donors (Lipinski definition) is 0. The van der Waals surface area contributed by atoms with Gasteiger partial charge in [0.2, 0.25) is 6.04 Å². The minimum atomic E-state index is 0.159. The van der Waals surface area contributed by atoms with E-state index < -0.39 is 0 Å². The van der Waals surface area contributed by atoms with Crippen LogP contribution in [-0.2, 0) is 4.79 Å². The van der Waals surface area contributed by atoms with Crippen molar-refractivity contribution in [3.8, 4) is 0 Å². The molecule has 1 heterocycles. The van der Waals surface area contributed by atoms with E-state index in [0.717, 1.165) is 18.9 Å². The highest BCUT2D eigenvalue weighted by Crippen LogP contribution is 2.37. The minimum absolute atomic E-state index is 0.159. The summed E-state index contributed by atoms with van der Waals surface area (Å²) in [5, 5.41) is 0. The van der Waals surface area contributed by atoms with Gasteiger partial charge in [-0.25, -0.2) is 4.58 Å². The van der Waals surface area contributed by atoms with Crippen LogP contribution in [0.15, 0.2) is 0 Å². The number of aldehydes is 1. The molecule has 4 atom stereocenters. The normalized spacial score (nSPS) is 35.1. The van der Waals surface area contributed by atoms with Crippen molar-refractivity contribution in [3.05, 3.63) is 0 Å². The molecular weight excluding hydrogens is 234 g/mol. The fourth-order valence-electron chi connectivity index (χ4n) is 4.42. The highest BCUT2D eigenvalue weighted by atomic mass is 16.1. The summed E-state index contributed by atoms with van der Waals surface area (Å²) < 4.78 is 2.51. The van der Waals surface area contributed by atoms with Crippen molar-refractivity contribution in [1.29, 1.82) is 0 Å². The van der Waals surface area contributed by atoms with Crippen LogP contribution in [0.4, 0.5) is 0 Å². The van der Waals surface area contributed by atoms with Gasteiger partial charge in [0.1, 0.15) is 6.54 Å². The van der Waals surface area contributed by atoms with E-state index in [1.54, 1.807) is 5.71 Å². The Labute approximate surface area is 118 Å². The van der Waals surface area contributed by atoms with Gasteiger partial charge in [-0.1, -0.05) is 33.6 Å². The molecule has 2 aliphatic rings. The van der Waals surface area contributed by atoms with Gasteiger partial charge in [0.05, 0.1) is 0 Å². The molecular formula is C17H30NO+. The molecule has 0 aromatic rings. The maximum Gasteiger partial charge on any atom is 0.210 e. The van der Waals surface area contributed by atoms with Gasteiger partial charge >= 0.3 is 0 Å². The zero-order valence-corrected chi connectivity index (χ0v) is 12.9. The predicted octanol–water partition coefficient (Wildman–Crippen LogP) is 3.67. The predicted molar refractivity (Wildman–Crippen MR) is 79.8 cm³/mol. The fourth-order valence-corrected chi connectivity index (χ4v) is 4.42. The lowest BCUT2D eigenvalue weighted by molar-refractivity contribution is -0.569. The Kier molecular flexibility index (Phi) is 5.18. The molecule has 1 aliphatic carbocycles. The smallest absolute Gasteiger partial charge is 0.210 e. The third-order valence-electron chi connectivity index (χ3n) is 5.14. The van der Waals surface area contributed by atoms with Crippen molar-refractivity contribution < 1.29 is 9.37 Å². The van der Waals surface area contributed by atoms with E-state index in [0.29, 0.717) is 11.8 Å². The van der Waals surface area contributed by atoms with E-state index >= 15 is 0 Å². The lowest BCUT2D eigenvalue weighted by atomic mass is 9.71. The maximum absolute atomic E-state index is 11.7. The third kappa shape index (κ3) is 2.93. The maximum atomic E-state index is 11.7. The van der Waals surface area contributed by atoms with Gasteiger partial charge in [-0.05, 0) is 25.7 Å². The molecule has 0 amide bonds. The average molecular weight is 264 g/mol. The van der Waals surface area contributed by atoms with Crippen LogP contribution in [-0.4, -0.2) is 29.2 Å². The highest BCUT2D eigenvalue weighted by Gasteiger charge is 2.45. The van der Waals surface area contributed by atoms with Crippen LogP contribution in [0.1, 0.15) is 65.7 Å². The number of rotatable bonds is 5. The van der Waals surface area contributed by atoms with Crippen LogP contribution in [0.5, 0.6) is 0 Å². The van der Waals surface area contributed by atoms with Crippen molar-refractivity contribution in [2.45, 2.75) is 71.8 Å². The molecule has 1 fully saturated rings. The van der Waals surface area contributed by atoms with Gasteiger partial charge in [0, 0.05) is 24.2 Å². The van der Waals surface area contributed by atoms with Crippen LogP contribution in [0.3, 0.4) is 0 Å². The first-order valence-electron chi connectivity index (χ1n) is 8.31. The number of fused-ring (bicyclic) bond motifs is 1. The molecule has 108 valence electrons. The summed E-state index contributed by atoms with van der Waals surface area (Å²) in [6, 6.07) is 0.159. The Hall–Kier alpha value is -0.660. The molecule has 0 bridgehead atoms. The average Bonchev–Trinajstić information content (AvgIpc) is 2.39. The molecule has 0 radical (unpaired) electrons. The summed E-state index contributed by atoms with van der Waals surface area (Å²) in [4.78, 5) is 11.7. The Morgan fingerprint density at radius 1 is 1.26 bits per heavy atom. The first-order chi connectivity index (χ1) is 9.22. The van der Waals surface area contributed by atoms with E-state index in [4.69, 9.17) is 0 Å². The Bertz CT molecular complexity index is 347. The zero-order valence-electron chi connectivity index (χ0n) is 12.9. The molecule has 0 N–H and O–H groups in total. The molecule has 0 saturated heterocycles. The Morgan fingerprint density at radius 2 is 2.05 bits per heavy atom. The highest BCUT2D eigenvalue weighted by molar-refractivity contribution is 5.86. The van der Waals surface area contributed by atoms with Crippen LogP contribution in [0, 0.1) is 17.8 Å². The van der Waals surface area contributed by atoms with Gasteiger partial charge in [0.25, 0.3) is 0 Å². The van der Waals surface area contributed by atoms with Gasteiger partial charge in [-0.3, -0.25) is 4.79 Å². The Morgan fingerprint density at radius 3 is 2.68 bits per heavy atom. The second-order valence-electron chi connectivity index (χ2n) is 6.56. The van der Waals surface area contributed by atoms with Gasteiger partial charge < -0.3 is 0 Å². The molecule has 19 heavy (non-hydrogen) atoms. The number of hydrogen-bond acceptors (Lipinski definition) is 1. The van der Waals surface area contributed by atoms with E-state index in [9.17, 15) is 4.79 Å². The van der Waals surface area contributed by atoms with Gasteiger partial charge in [-0.15, -0.1) is 0 Å². The summed E-state index contributed by atoms with van der Waals surface area (Å²) >= 11 is 0. The Balaban J connectivity index is 2.36. The lowest BCUT2D eigenvalue weighted by Gasteiger charge is -2.37. The standard InChI is InChI=1S/C17H30NO/c1-4-7-14-11-15-9-6-8-13(3)17(15)18(10-5-2)16(14)12-19/h12-16H,4-11H2,1-3H3/q+1. The number of nitrogens with zero attached hydrogens (tertiary/aromatic N) is 1. The SMILES string of the molecule is CCCC1CC2CCCC(C)C2=[N+](CCC)C1C=O. The van der Waals surface area contributed by atoms with Crippen LogP contribution >= 0.6 is 0 Å². The van der Waals surface area contributed by atoms with Crippen molar-refractivity contribution in [2.24, 2.45) is 17.8 Å². The van der Waals surface area contributed by atoms with Crippen molar-refractivity contribution >= 4 is 12.0 Å². The van der Waals surface area contributed by atoms with E-state index in [2.05, 4.69) is 25.3 Å². The molecule has 1 aliphatic heterocycles. The monoisotopic (exact) mass is 264 g/mol. The molecule has 2 rings (SSSR count). The summed E-state index contributed by atoms with van der Waals surface area (Å²) in [5.41, 5.74) is 1.62. The number of carbonyl (C=O) groups is 1. The quantitative estimate of drug-likeness (QED) is 0.548. The van der Waals surface area contributed by atoms with Crippen LogP contribution in [0.2, 0.25) is 0 Å². The number of carbonyl (C=O) groups excluding carboxylic acids is 1. The molecule has 2 heteroatoms. The molecule has 2 nitrogen and oxygen atoms in total. The van der Waals surface area contributed by atoms with Gasteiger partial charge in [-0.2, -0.15) is 0 Å². The second kappa shape index (κ2) is 6.67. The molecule has 0 aromatic carbocycles. The van der Waals surface area contributed by atoms with Crippen LogP contribution in [0.25, 0.3) is 0 Å². The molecule has 0 spiro atoms. The van der Waals surface area contributed by atoms with Crippen LogP contribution < -0.4 is 0 Å². The van der Waals surface area contributed by atoms with Crippen molar-refractivity contribution in [1.82, 2.24) is 0 Å². The summed E-state index contributed by atoms with van der Waals surface area (Å²) in [7, 11) is 0. The largest absolute Gasteiger partial charge is 0.296 e. The minimum Gasteiger partial charge on any atom is -0.296 e. The fraction of sp³-hybridized carbons (Fsp3) is 0.882. The lowest BCUT2D eigenvalue weighted by Crippen LogP contribution is -2.50. The van der Waals surface area contributed by atoms with Gasteiger partial charge in [0.15, 0.2) is 12.0 Å². The molecule has 0 aromatic heterocycles. The summed E-state index contributed by atoms with van der Waals surface area (Å²) in [5.74, 6) is 2.05. The second-order valence-corrected chi connectivity index (χ2v) is 6.56. The summed E-state index contributed by atoms with van der Waals surface area (Å²) in [6.45, 7) is 7.91. The van der Waals surface area contributed by atoms with E-state index in [-0.39, 0.29) is 6.04 Å². The first-order valence-corrected chi connectivity index (χ1v) is 8.31. The van der Waals surface area contributed by atoms with E-state index in [1.165, 1.54) is 44.8 Å². The van der Waals surface area contributed by atoms with E-state index in [1.807, 2.05) is 0 Å². The topological polar surface area (TPSA) is 20.1 Å². The van der Waals surface area contributed by atoms with Crippen molar-refractivity contribution in [2.75, 3.05) is 6.54 Å². The molecule has 4 unspecified atom stereocenters. The summed E-state index contributed by atoms with van der Waals surface area (Å²) in [6.07, 6.45) is 10.1. The third-order valence-corrected chi connectivity index (χ3v) is 5.14. The zero-order chi connectivity index (χ0) is 13.8. The van der Waals surface area contributed by atoms with Crippen molar-refractivity contribution in [3.63, 3.8) is 0 Å². The molecule has 1 saturated carbocycles.